The molecule has 0 aromatic heterocycles. The minimum Gasteiger partial charge on any atom is -0.437 e. The van der Waals surface area contributed by atoms with Crippen molar-refractivity contribution in [1.29, 1.82) is 0 Å². The van der Waals surface area contributed by atoms with E-state index in [-0.39, 0.29) is 0 Å². The zero-order valence-electron chi connectivity index (χ0n) is 21.8. The largest absolute Gasteiger partial charge is 0.437 e. The van der Waals surface area contributed by atoms with E-state index >= 15 is 0 Å². The zero-order valence-corrected chi connectivity index (χ0v) is 26.8. The topological polar surface area (TPSA) is 36.9 Å². The lowest BCUT2D eigenvalue weighted by molar-refractivity contribution is 0.299. The highest BCUT2D eigenvalue weighted by atomic mass is 28.5. The number of unbranched alkanes of at least 4 members (excludes halogenated alkanes) is 6. The third-order valence-electron chi connectivity index (χ3n) is 4.44. The normalized spacial score (nSPS) is 14.5. The van der Waals surface area contributed by atoms with Gasteiger partial charge in [0, 0.05) is 0 Å². The van der Waals surface area contributed by atoms with Crippen molar-refractivity contribution in [1.82, 2.24) is 0 Å². The third kappa shape index (κ3) is 17.2. The van der Waals surface area contributed by atoms with Crippen LogP contribution in [0.25, 0.3) is 0 Å². The summed E-state index contributed by atoms with van der Waals surface area (Å²) in [5.41, 5.74) is 0. The third-order valence-corrected chi connectivity index (χ3v) is 22.5. The van der Waals surface area contributed by atoms with Gasteiger partial charge >= 0.3 is 25.7 Å². The van der Waals surface area contributed by atoms with Crippen molar-refractivity contribution in [2.45, 2.75) is 130 Å². The van der Waals surface area contributed by atoms with Gasteiger partial charge in [-0.2, -0.15) is 0 Å². The van der Waals surface area contributed by atoms with E-state index in [0.717, 1.165) is 0 Å². The SMILES string of the molecule is CCCCCCCCC[Si](C)(C)O[Si](C)(C)O[Si](C)(C)O[Si](C)(C)O[Si](C)(C)C. The molecule has 0 spiro atoms. The smallest absolute Gasteiger partial charge is 0.314 e. The molecular weight excluding hydrogens is 445 g/mol. The van der Waals surface area contributed by atoms with Gasteiger partial charge in [-0.25, -0.2) is 0 Å². The Balaban J connectivity index is 4.58. The van der Waals surface area contributed by atoms with Gasteiger partial charge in [0.05, 0.1) is 0 Å². The summed E-state index contributed by atoms with van der Waals surface area (Å²) in [5.74, 6) is 0. The fourth-order valence-corrected chi connectivity index (χ4v) is 28.0. The van der Waals surface area contributed by atoms with Crippen molar-refractivity contribution in [3.05, 3.63) is 0 Å². The average Bonchev–Trinajstić information content (AvgIpc) is 2.39. The van der Waals surface area contributed by atoms with Gasteiger partial charge in [-0.1, -0.05) is 51.9 Å². The first-order valence-electron chi connectivity index (χ1n) is 11.7. The molecule has 0 unspecified atom stereocenters. The maximum Gasteiger partial charge on any atom is 0.314 e. The van der Waals surface area contributed by atoms with E-state index in [1.807, 2.05) is 0 Å². The van der Waals surface area contributed by atoms with Crippen LogP contribution in [-0.4, -0.2) is 42.3 Å². The average molecular weight is 497 g/mol. The lowest BCUT2D eigenvalue weighted by atomic mass is 10.1. The first kappa shape index (κ1) is 29.9. The van der Waals surface area contributed by atoms with Gasteiger partial charge in [0.1, 0.15) is 0 Å². The highest BCUT2D eigenvalue weighted by Gasteiger charge is 2.44. The van der Waals surface area contributed by atoms with Crippen molar-refractivity contribution >= 4 is 42.3 Å². The van der Waals surface area contributed by atoms with E-state index in [0.29, 0.717) is 0 Å². The molecule has 0 aliphatic carbocycles. The first-order chi connectivity index (χ1) is 12.9. The lowest BCUT2D eigenvalue weighted by Crippen LogP contribution is -2.58. The van der Waals surface area contributed by atoms with Crippen LogP contribution < -0.4 is 0 Å². The van der Waals surface area contributed by atoms with Crippen LogP contribution in [0.15, 0.2) is 0 Å². The molecule has 0 aromatic carbocycles. The van der Waals surface area contributed by atoms with Crippen LogP contribution in [0.4, 0.5) is 0 Å². The number of hydrogen-bond donors (Lipinski definition) is 0. The highest BCUT2D eigenvalue weighted by Crippen LogP contribution is 2.27. The van der Waals surface area contributed by atoms with Crippen LogP contribution in [0.3, 0.4) is 0 Å². The van der Waals surface area contributed by atoms with Crippen molar-refractivity contribution in [3.8, 4) is 0 Å². The van der Waals surface area contributed by atoms with Gasteiger partial charge in [0.15, 0.2) is 16.6 Å². The van der Waals surface area contributed by atoms with E-state index < -0.39 is 42.3 Å². The van der Waals surface area contributed by atoms with E-state index in [1.165, 1.54) is 51.0 Å². The van der Waals surface area contributed by atoms with Crippen LogP contribution in [0.5, 0.6) is 0 Å². The molecule has 0 radical (unpaired) electrons. The maximum atomic E-state index is 6.72. The Bertz CT molecular complexity index is 462. The van der Waals surface area contributed by atoms with Crippen molar-refractivity contribution < 1.29 is 16.5 Å². The molecule has 176 valence electrons. The molecule has 0 bridgehead atoms. The number of hydrogen-bond acceptors (Lipinski definition) is 4. The van der Waals surface area contributed by atoms with Gasteiger partial charge in [0.25, 0.3) is 0 Å². The summed E-state index contributed by atoms with van der Waals surface area (Å²) in [6.07, 6.45) is 9.47. The minimum absolute atomic E-state index is 1.22. The maximum absolute atomic E-state index is 6.72. The van der Waals surface area contributed by atoms with E-state index in [9.17, 15) is 0 Å². The molecule has 0 saturated heterocycles. The Morgan fingerprint density at radius 3 is 1.28 bits per heavy atom. The molecule has 0 atom stereocenters. The van der Waals surface area contributed by atoms with Gasteiger partial charge < -0.3 is 16.5 Å². The van der Waals surface area contributed by atoms with Crippen molar-refractivity contribution in [2.24, 2.45) is 0 Å². The molecular formula is C20H52O4Si5. The Labute approximate surface area is 188 Å². The van der Waals surface area contributed by atoms with Crippen LogP contribution in [0.1, 0.15) is 51.9 Å². The second-order valence-corrected chi connectivity index (χ2v) is 31.3. The van der Waals surface area contributed by atoms with Crippen LogP contribution in [0, 0.1) is 0 Å². The molecule has 0 fully saturated rings. The fraction of sp³-hybridized carbons (Fsp3) is 1.00. The zero-order chi connectivity index (χ0) is 23.0. The first-order valence-corrected chi connectivity index (χ1v) is 26.7. The molecule has 0 amide bonds. The summed E-state index contributed by atoms with van der Waals surface area (Å²) >= 11 is 0. The Morgan fingerprint density at radius 2 is 0.828 bits per heavy atom. The van der Waals surface area contributed by atoms with E-state index in [1.54, 1.807) is 0 Å². The Kier molecular flexibility index (Phi) is 12.6. The second-order valence-electron chi connectivity index (χ2n) is 11.4. The Morgan fingerprint density at radius 1 is 0.448 bits per heavy atom. The van der Waals surface area contributed by atoms with Gasteiger partial charge in [-0.15, -0.1) is 0 Å². The van der Waals surface area contributed by atoms with Gasteiger partial charge in [0.2, 0.25) is 0 Å². The summed E-state index contributed by atoms with van der Waals surface area (Å²) in [7, 11) is -10.1. The van der Waals surface area contributed by atoms with Gasteiger partial charge in [-0.05, 0) is 78.1 Å². The molecule has 29 heavy (non-hydrogen) atoms. The molecule has 0 saturated carbocycles. The standard InChI is InChI=1S/C20H52O4Si5/c1-13-14-15-16-17-18-19-20-26(5,6)22-28(9,10)24-29(11,12)23-27(7,8)21-25(2,3)4/h13-20H2,1-12H3. The van der Waals surface area contributed by atoms with E-state index in [2.05, 4.69) is 78.9 Å². The van der Waals surface area contributed by atoms with E-state index in [4.69, 9.17) is 16.5 Å². The minimum atomic E-state index is -2.31. The highest BCUT2D eigenvalue weighted by molar-refractivity contribution is 6.90. The summed E-state index contributed by atoms with van der Waals surface area (Å²) in [5, 5.41) is 0. The van der Waals surface area contributed by atoms with Crippen LogP contribution in [0.2, 0.25) is 78.1 Å². The molecule has 0 N–H and O–H groups in total. The molecule has 4 nitrogen and oxygen atoms in total. The summed E-state index contributed by atoms with van der Waals surface area (Å²) < 4.78 is 26.2. The van der Waals surface area contributed by atoms with Crippen LogP contribution >= 0.6 is 0 Å². The summed E-state index contributed by atoms with van der Waals surface area (Å²) in [6, 6.07) is 1.22. The molecule has 0 aromatic rings. The Hall–Kier alpha value is 0.924. The molecule has 0 aliphatic rings. The second kappa shape index (κ2) is 12.2. The monoisotopic (exact) mass is 496 g/mol. The van der Waals surface area contributed by atoms with Crippen LogP contribution in [-0.2, 0) is 16.5 Å². The lowest BCUT2D eigenvalue weighted by Gasteiger charge is -2.42. The molecule has 0 aliphatic heterocycles. The predicted molar refractivity (Wildman–Crippen MR) is 140 cm³/mol. The molecule has 9 heteroatoms. The van der Waals surface area contributed by atoms with Crippen molar-refractivity contribution in [3.63, 3.8) is 0 Å². The number of rotatable bonds is 16. The summed E-state index contributed by atoms with van der Waals surface area (Å²) in [6.45, 7) is 26.6. The fourth-order valence-electron chi connectivity index (χ4n) is 4.21. The quantitative estimate of drug-likeness (QED) is 0.160. The summed E-state index contributed by atoms with van der Waals surface area (Å²) in [4.78, 5) is 0. The van der Waals surface area contributed by atoms with Crippen molar-refractivity contribution in [2.75, 3.05) is 0 Å². The predicted octanol–water partition coefficient (Wildman–Crippen LogP) is 7.95. The molecule has 0 rings (SSSR count). The molecule has 0 heterocycles. The van der Waals surface area contributed by atoms with Gasteiger partial charge in [-0.3, -0.25) is 0 Å².